The van der Waals surface area contributed by atoms with Crippen LogP contribution in [0.4, 0.5) is 11.4 Å². The van der Waals surface area contributed by atoms with Gasteiger partial charge in [0.25, 0.3) is 0 Å². The molecule has 144 valence electrons. The van der Waals surface area contributed by atoms with Crippen LogP contribution in [0.25, 0.3) is 0 Å². The van der Waals surface area contributed by atoms with Gasteiger partial charge in [-0.2, -0.15) is 10.2 Å². The van der Waals surface area contributed by atoms with Gasteiger partial charge in [0.05, 0.1) is 16.9 Å². The first kappa shape index (κ1) is 17.9. The topological polar surface area (TPSA) is 62.0 Å². The Labute approximate surface area is 169 Å². The van der Waals surface area contributed by atoms with Crippen molar-refractivity contribution in [3.8, 4) is 0 Å². The van der Waals surface area contributed by atoms with Crippen LogP contribution in [0.2, 0.25) is 0 Å². The largest absolute Gasteiger partial charge is 0.478 e. The molecule has 0 spiro atoms. The van der Waals surface area contributed by atoms with Crippen molar-refractivity contribution in [1.82, 2.24) is 0 Å². The third-order valence-electron chi connectivity index (χ3n) is 6.64. The van der Waals surface area contributed by atoms with Gasteiger partial charge in [0.2, 0.25) is 0 Å². The van der Waals surface area contributed by atoms with Gasteiger partial charge < -0.3 is 5.11 Å². The number of carboxylic acid groups (broad SMARTS) is 1. The summed E-state index contributed by atoms with van der Waals surface area (Å²) >= 11 is 2.08. The van der Waals surface area contributed by atoms with Crippen LogP contribution < -0.4 is 0 Å². The average molecular weight is 393 g/mol. The maximum Gasteiger partial charge on any atom is 0.335 e. The second-order valence-electron chi connectivity index (χ2n) is 8.56. The Bertz CT molecular complexity index is 864. The second kappa shape index (κ2) is 7.36. The van der Waals surface area contributed by atoms with Crippen LogP contribution >= 0.6 is 11.8 Å². The number of azo groups is 1. The molecule has 6 rings (SSSR count). The van der Waals surface area contributed by atoms with Crippen molar-refractivity contribution in [1.29, 1.82) is 0 Å². The number of hydrogen-bond acceptors (Lipinski definition) is 4. The molecule has 0 heterocycles. The molecule has 4 bridgehead atoms. The normalized spacial score (nSPS) is 30.8. The number of rotatable bonds is 5. The van der Waals surface area contributed by atoms with E-state index >= 15 is 0 Å². The predicted octanol–water partition coefficient (Wildman–Crippen LogP) is 6.72. The molecule has 4 fully saturated rings. The number of hydrogen-bond donors (Lipinski definition) is 1. The molecular weight excluding hydrogens is 368 g/mol. The fraction of sp³-hybridized carbons (Fsp3) is 0.435. The molecule has 1 N–H and O–H groups in total. The fourth-order valence-electron chi connectivity index (χ4n) is 5.60. The van der Waals surface area contributed by atoms with E-state index in [1.807, 2.05) is 12.1 Å². The van der Waals surface area contributed by atoms with Crippen LogP contribution in [0.3, 0.4) is 0 Å². The highest BCUT2D eigenvalue weighted by Crippen LogP contribution is 2.58. The zero-order valence-corrected chi connectivity index (χ0v) is 16.5. The molecule has 4 nitrogen and oxygen atoms in total. The number of carbonyl (C=O) groups is 1. The maximum atomic E-state index is 10.9. The Morgan fingerprint density at radius 2 is 1.29 bits per heavy atom. The summed E-state index contributed by atoms with van der Waals surface area (Å²) < 4.78 is 0. The summed E-state index contributed by atoms with van der Waals surface area (Å²) in [7, 11) is 0. The van der Waals surface area contributed by atoms with E-state index in [0.29, 0.717) is 5.69 Å². The van der Waals surface area contributed by atoms with E-state index in [-0.39, 0.29) is 5.56 Å². The molecule has 0 atom stereocenters. The lowest BCUT2D eigenvalue weighted by Gasteiger charge is -2.54. The smallest absolute Gasteiger partial charge is 0.335 e. The highest BCUT2D eigenvalue weighted by Gasteiger charge is 2.48. The Hall–Kier alpha value is -2.14. The molecule has 28 heavy (non-hydrogen) atoms. The van der Waals surface area contributed by atoms with Gasteiger partial charge in [-0.15, -0.1) is 11.8 Å². The minimum atomic E-state index is -0.935. The van der Waals surface area contributed by atoms with Crippen molar-refractivity contribution >= 4 is 29.1 Å². The summed E-state index contributed by atoms with van der Waals surface area (Å²) in [6, 6.07) is 14.8. The van der Waals surface area contributed by atoms with Gasteiger partial charge in [-0.05, 0) is 104 Å². The highest BCUT2D eigenvalue weighted by molar-refractivity contribution is 8.00. The molecule has 0 aromatic heterocycles. The zero-order chi connectivity index (χ0) is 19.1. The van der Waals surface area contributed by atoms with Crippen molar-refractivity contribution in [2.75, 3.05) is 0 Å². The van der Waals surface area contributed by atoms with Gasteiger partial charge in [0, 0.05) is 10.1 Å². The van der Waals surface area contributed by atoms with E-state index in [1.54, 1.807) is 24.3 Å². The molecule has 0 radical (unpaired) electrons. The van der Waals surface area contributed by atoms with E-state index in [4.69, 9.17) is 5.11 Å². The Morgan fingerprint density at radius 3 is 1.79 bits per heavy atom. The first-order valence-corrected chi connectivity index (χ1v) is 11.0. The lowest BCUT2D eigenvalue weighted by atomic mass is 9.56. The first-order chi connectivity index (χ1) is 13.6. The SMILES string of the molecule is O=C(O)c1ccc(N=Nc2ccc(SC3C4CC5CC(C4)CC3C5)cc2)cc1. The Kier molecular flexibility index (Phi) is 4.71. The van der Waals surface area contributed by atoms with Gasteiger partial charge in [0.15, 0.2) is 0 Å². The molecule has 4 aliphatic rings. The van der Waals surface area contributed by atoms with Gasteiger partial charge in [0.1, 0.15) is 0 Å². The summed E-state index contributed by atoms with van der Waals surface area (Å²) in [6.07, 6.45) is 7.33. The standard InChI is InChI=1S/C23H24N2O2S/c26-23(27)16-1-3-19(4-2-16)24-25-20-5-7-21(8-6-20)28-22-17-10-14-9-15(12-17)13-18(22)11-14/h1-8,14-15,17-18,22H,9-13H2,(H,26,27). The number of nitrogens with zero attached hydrogens (tertiary/aromatic N) is 2. The first-order valence-electron chi connectivity index (χ1n) is 10.2. The van der Waals surface area contributed by atoms with Crippen LogP contribution in [0.5, 0.6) is 0 Å². The zero-order valence-electron chi connectivity index (χ0n) is 15.7. The van der Waals surface area contributed by atoms with Crippen LogP contribution in [-0.4, -0.2) is 16.3 Å². The maximum absolute atomic E-state index is 10.9. The molecule has 0 amide bonds. The van der Waals surface area contributed by atoms with E-state index in [9.17, 15) is 4.79 Å². The van der Waals surface area contributed by atoms with E-state index in [0.717, 1.165) is 34.6 Å². The molecular formula is C23H24N2O2S. The monoisotopic (exact) mass is 392 g/mol. The van der Waals surface area contributed by atoms with Crippen molar-refractivity contribution in [3.05, 3.63) is 54.1 Å². The quantitative estimate of drug-likeness (QED) is 0.575. The van der Waals surface area contributed by atoms with Crippen molar-refractivity contribution < 1.29 is 9.90 Å². The van der Waals surface area contributed by atoms with Crippen molar-refractivity contribution in [2.24, 2.45) is 33.9 Å². The van der Waals surface area contributed by atoms with E-state index in [2.05, 4.69) is 34.1 Å². The number of aromatic carboxylic acids is 1. The van der Waals surface area contributed by atoms with Crippen molar-refractivity contribution in [2.45, 2.75) is 42.2 Å². The molecule has 4 saturated carbocycles. The summed E-state index contributed by atoms with van der Waals surface area (Å²) in [6.45, 7) is 0. The van der Waals surface area contributed by atoms with Gasteiger partial charge in [-0.1, -0.05) is 0 Å². The van der Waals surface area contributed by atoms with Gasteiger partial charge in [-0.25, -0.2) is 4.79 Å². The summed E-state index contributed by atoms with van der Waals surface area (Å²) in [4.78, 5) is 12.2. The van der Waals surface area contributed by atoms with Crippen LogP contribution in [0, 0.1) is 23.7 Å². The minimum Gasteiger partial charge on any atom is -0.478 e. The molecule has 0 saturated heterocycles. The molecule has 5 heteroatoms. The lowest BCUT2D eigenvalue weighted by Crippen LogP contribution is -2.46. The predicted molar refractivity (Wildman–Crippen MR) is 111 cm³/mol. The molecule has 0 unspecified atom stereocenters. The number of thioether (sulfide) groups is 1. The van der Waals surface area contributed by atoms with E-state index < -0.39 is 5.97 Å². The fourth-order valence-corrected chi connectivity index (χ4v) is 7.04. The summed E-state index contributed by atoms with van der Waals surface area (Å²) in [5.74, 6) is 2.96. The third kappa shape index (κ3) is 3.60. The number of benzene rings is 2. The minimum absolute atomic E-state index is 0.255. The second-order valence-corrected chi connectivity index (χ2v) is 9.81. The molecule has 2 aromatic rings. The molecule has 0 aliphatic heterocycles. The van der Waals surface area contributed by atoms with Crippen molar-refractivity contribution in [3.63, 3.8) is 0 Å². The van der Waals surface area contributed by atoms with Gasteiger partial charge in [-0.3, -0.25) is 0 Å². The van der Waals surface area contributed by atoms with Crippen LogP contribution in [-0.2, 0) is 0 Å². The highest BCUT2D eigenvalue weighted by atomic mass is 32.2. The average Bonchev–Trinajstić information content (AvgIpc) is 2.70. The summed E-state index contributed by atoms with van der Waals surface area (Å²) in [5.41, 5.74) is 1.72. The van der Waals surface area contributed by atoms with E-state index in [1.165, 1.54) is 37.0 Å². The number of carboxylic acids is 1. The Balaban J connectivity index is 1.23. The summed E-state index contributed by atoms with van der Waals surface area (Å²) in [5, 5.41) is 18.2. The molecule has 4 aliphatic carbocycles. The molecule has 2 aromatic carbocycles. The van der Waals surface area contributed by atoms with Crippen LogP contribution in [0.1, 0.15) is 42.5 Å². The lowest BCUT2D eigenvalue weighted by molar-refractivity contribution is 0.0267. The van der Waals surface area contributed by atoms with Gasteiger partial charge >= 0.3 is 5.97 Å². The van der Waals surface area contributed by atoms with Crippen LogP contribution in [0.15, 0.2) is 63.7 Å². The Morgan fingerprint density at radius 1 is 0.786 bits per heavy atom. The third-order valence-corrected chi connectivity index (χ3v) is 8.23.